The summed E-state index contributed by atoms with van der Waals surface area (Å²) in [6.45, 7) is 0.769. The summed E-state index contributed by atoms with van der Waals surface area (Å²) in [5, 5.41) is 3.88. The average Bonchev–Trinajstić information content (AvgIpc) is 2.34. The Labute approximate surface area is 105 Å². The summed E-state index contributed by atoms with van der Waals surface area (Å²) in [5.41, 5.74) is 7.28. The number of hydrogen-bond donors (Lipinski definition) is 2. The zero-order valence-electron chi connectivity index (χ0n) is 9.23. The molecule has 0 aliphatic carbocycles. The second-order valence-corrected chi connectivity index (χ2v) is 4.08. The minimum atomic E-state index is 0.563. The molecule has 2 aromatic rings. The Morgan fingerprint density at radius 1 is 1.12 bits per heavy atom. The molecule has 0 radical (unpaired) electrons. The zero-order valence-corrected chi connectivity index (χ0v) is 9.98. The van der Waals surface area contributed by atoms with E-state index in [4.69, 9.17) is 17.3 Å². The molecule has 1 aromatic heterocycles. The number of nitrogens with one attached hydrogen (secondary N) is 1. The van der Waals surface area contributed by atoms with E-state index >= 15 is 0 Å². The molecular weight excluding hydrogens is 236 g/mol. The van der Waals surface area contributed by atoms with Crippen LogP contribution in [0.2, 0.25) is 5.02 Å². The van der Waals surface area contributed by atoms with Crippen molar-refractivity contribution in [2.45, 2.75) is 6.42 Å². The Morgan fingerprint density at radius 2 is 1.76 bits per heavy atom. The van der Waals surface area contributed by atoms with E-state index in [9.17, 15) is 0 Å². The predicted molar refractivity (Wildman–Crippen MR) is 70.1 cm³/mol. The lowest BCUT2D eigenvalue weighted by Gasteiger charge is -2.04. The fourth-order valence-electron chi connectivity index (χ4n) is 1.40. The number of benzene rings is 1. The van der Waals surface area contributed by atoms with E-state index in [1.165, 1.54) is 5.56 Å². The number of rotatable bonds is 4. The first-order chi connectivity index (χ1) is 8.24. The molecule has 0 saturated carbocycles. The van der Waals surface area contributed by atoms with Gasteiger partial charge >= 0.3 is 0 Å². The highest BCUT2D eigenvalue weighted by atomic mass is 35.5. The SMILES string of the molecule is Nc1cnc(NCCc2ccc(Cl)cc2)nc1. The number of nitrogens with zero attached hydrogens (tertiary/aromatic N) is 2. The van der Waals surface area contributed by atoms with Crippen molar-refractivity contribution in [1.82, 2.24) is 9.97 Å². The molecule has 3 N–H and O–H groups in total. The van der Waals surface area contributed by atoms with Crippen LogP contribution in [0.15, 0.2) is 36.7 Å². The Kier molecular flexibility index (Phi) is 3.77. The minimum absolute atomic E-state index is 0.563. The molecule has 0 amide bonds. The van der Waals surface area contributed by atoms with E-state index in [0.717, 1.165) is 18.0 Å². The molecular formula is C12H13ClN4. The van der Waals surface area contributed by atoms with Gasteiger partial charge in [-0.05, 0) is 24.1 Å². The fourth-order valence-corrected chi connectivity index (χ4v) is 1.53. The third kappa shape index (κ3) is 3.60. The maximum atomic E-state index is 5.81. The molecule has 0 spiro atoms. The van der Waals surface area contributed by atoms with Crippen molar-refractivity contribution < 1.29 is 0 Å². The first kappa shape index (κ1) is 11.7. The Hall–Kier alpha value is -1.81. The van der Waals surface area contributed by atoms with Crippen LogP contribution in [0.5, 0.6) is 0 Å². The molecule has 4 nitrogen and oxygen atoms in total. The number of nitrogens with two attached hydrogens (primary N) is 1. The molecule has 17 heavy (non-hydrogen) atoms. The largest absolute Gasteiger partial charge is 0.396 e. The summed E-state index contributed by atoms with van der Waals surface area (Å²) in [4.78, 5) is 8.11. The van der Waals surface area contributed by atoms with E-state index in [1.807, 2.05) is 24.3 Å². The van der Waals surface area contributed by atoms with Gasteiger partial charge in [-0.25, -0.2) is 9.97 Å². The summed E-state index contributed by atoms with van der Waals surface area (Å²) in [6.07, 6.45) is 4.06. The number of anilines is 2. The van der Waals surface area contributed by atoms with E-state index in [-0.39, 0.29) is 0 Å². The van der Waals surface area contributed by atoms with Gasteiger partial charge in [-0.2, -0.15) is 0 Å². The van der Waals surface area contributed by atoms with Gasteiger partial charge in [0.05, 0.1) is 18.1 Å². The third-order valence-corrected chi connectivity index (χ3v) is 2.53. The van der Waals surface area contributed by atoms with Crippen LogP contribution in [-0.4, -0.2) is 16.5 Å². The lowest BCUT2D eigenvalue weighted by atomic mass is 10.1. The van der Waals surface area contributed by atoms with Gasteiger partial charge < -0.3 is 11.1 Å². The van der Waals surface area contributed by atoms with Gasteiger partial charge in [-0.15, -0.1) is 0 Å². The molecule has 0 fully saturated rings. The summed E-state index contributed by atoms with van der Waals surface area (Å²) in [6, 6.07) is 7.79. The zero-order chi connectivity index (χ0) is 12.1. The Balaban J connectivity index is 1.83. The molecule has 2 rings (SSSR count). The molecule has 1 heterocycles. The minimum Gasteiger partial charge on any atom is -0.396 e. The fraction of sp³-hybridized carbons (Fsp3) is 0.167. The van der Waals surface area contributed by atoms with Gasteiger partial charge in [-0.1, -0.05) is 23.7 Å². The molecule has 0 bridgehead atoms. The maximum Gasteiger partial charge on any atom is 0.222 e. The van der Waals surface area contributed by atoms with E-state index in [1.54, 1.807) is 12.4 Å². The van der Waals surface area contributed by atoms with Crippen LogP contribution in [0.1, 0.15) is 5.56 Å². The predicted octanol–water partition coefficient (Wildman–Crippen LogP) is 2.37. The van der Waals surface area contributed by atoms with Crippen LogP contribution in [0, 0.1) is 0 Å². The lowest BCUT2D eigenvalue weighted by molar-refractivity contribution is 0.985. The van der Waals surface area contributed by atoms with Crippen LogP contribution in [0.4, 0.5) is 11.6 Å². The molecule has 88 valence electrons. The highest BCUT2D eigenvalue weighted by Gasteiger charge is 1.96. The van der Waals surface area contributed by atoms with Crippen molar-refractivity contribution in [3.05, 3.63) is 47.2 Å². The maximum absolute atomic E-state index is 5.81. The van der Waals surface area contributed by atoms with Crippen molar-refractivity contribution in [3.8, 4) is 0 Å². The molecule has 0 aliphatic rings. The molecule has 0 saturated heterocycles. The van der Waals surface area contributed by atoms with Gasteiger partial charge in [0.25, 0.3) is 0 Å². The topological polar surface area (TPSA) is 63.8 Å². The molecule has 0 atom stereocenters. The van der Waals surface area contributed by atoms with Gasteiger partial charge in [0.15, 0.2) is 0 Å². The third-order valence-electron chi connectivity index (χ3n) is 2.28. The van der Waals surface area contributed by atoms with Crippen molar-refractivity contribution in [3.63, 3.8) is 0 Å². The first-order valence-corrected chi connectivity index (χ1v) is 5.68. The Morgan fingerprint density at radius 3 is 2.41 bits per heavy atom. The van der Waals surface area contributed by atoms with Crippen LogP contribution in [0.25, 0.3) is 0 Å². The number of nitrogen functional groups attached to an aromatic ring is 1. The van der Waals surface area contributed by atoms with Crippen LogP contribution in [-0.2, 0) is 6.42 Å². The average molecular weight is 249 g/mol. The monoisotopic (exact) mass is 248 g/mol. The van der Waals surface area contributed by atoms with E-state index in [0.29, 0.717) is 11.6 Å². The van der Waals surface area contributed by atoms with Crippen LogP contribution < -0.4 is 11.1 Å². The highest BCUT2D eigenvalue weighted by molar-refractivity contribution is 6.30. The van der Waals surface area contributed by atoms with Crippen molar-refractivity contribution >= 4 is 23.2 Å². The van der Waals surface area contributed by atoms with Crippen LogP contribution in [0.3, 0.4) is 0 Å². The van der Waals surface area contributed by atoms with E-state index in [2.05, 4.69) is 15.3 Å². The number of hydrogen-bond acceptors (Lipinski definition) is 4. The molecule has 0 unspecified atom stereocenters. The quantitative estimate of drug-likeness (QED) is 0.872. The molecule has 1 aromatic carbocycles. The van der Waals surface area contributed by atoms with E-state index < -0.39 is 0 Å². The number of halogens is 1. The van der Waals surface area contributed by atoms with Gasteiger partial charge in [0.1, 0.15) is 0 Å². The second-order valence-electron chi connectivity index (χ2n) is 3.64. The van der Waals surface area contributed by atoms with Crippen molar-refractivity contribution in [2.75, 3.05) is 17.6 Å². The van der Waals surface area contributed by atoms with Crippen LogP contribution >= 0.6 is 11.6 Å². The standard InChI is InChI=1S/C12H13ClN4/c13-10-3-1-9(2-4-10)5-6-15-12-16-7-11(14)8-17-12/h1-4,7-8H,5-6,14H2,(H,15,16,17). The summed E-state index contributed by atoms with van der Waals surface area (Å²) >= 11 is 5.81. The summed E-state index contributed by atoms with van der Waals surface area (Å²) in [7, 11) is 0. The van der Waals surface area contributed by atoms with Gasteiger partial charge in [0, 0.05) is 11.6 Å². The Bertz CT molecular complexity index is 421. The lowest BCUT2D eigenvalue weighted by Crippen LogP contribution is -2.07. The summed E-state index contributed by atoms with van der Waals surface area (Å²) < 4.78 is 0. The first-order valence-electron chi connectivity index (χ1n) is 5.30. The molecule has 5 heteroatoms. The highest BCUT2D eigenvalue weighted by Crippen LogP contribution is 2.10. The van der Waals surface area contributed by atoms with Gasteiger partial charge in [-0.3, -0.25) is 0 Å². The van der Waals surface area contributed by atoms with Crippen molar-refractivity contribution in [2.24, 2.45) is 0 Å². The van der Waals surface area contributed by atoms with Crippen molar-refractivity contribution in [1.29, 1.82) is 0 Å². The molecule has 0 aliphatic heterocycles. The normalized spacial score (nSPS) is 10.2. The summed E-state index contributed by atoms with van der Waals surface area (Å²) in [5.74, 6) is 0.591. The smallest absolute Gasteiger partial charge is 0.222 e. The van der Waals surface area contributed by atoms with Gasteiger partial charge in [0.2, 0.25) is 5.95 Å². The number of aromatic nitrogens is 2. The second kappa shape index (κ2) is 5.50.